The van der Waals surface area contributed by atoms with Gasteiger partial charge in [-0.15, -0.1) is 0 Å². The van der Waals surface area contributed by atoms with Gasteiger partial charge in [-0.3, -0.25) is 29.8 Å². The Balaban J connectivity index is 0.000000220. The molecule has 8 nitrogen and oxygen atoms in total. The van der Waals surface area contributed by atoms with Crippen LogP contribution in [0, 0.1) is 20.2 Å². The number of rotatable bonds is 8. The average molecular weight is 664 g/mol. The molecule has 0 spiro atoms. The highest BCUT2D eigenvalue weighted by molar-refractivity contribution is 9.10. The Labute approximate surface area is 246 Å². The normalized spacial score (nSPS) is 10.7. The van der Waals surface area contributed by atoms with Crippen molar-refractivity contribution >= 4 is 67.0 Å². The van der Waals surface area contributed by atoms with Crippen LogP contribution in [0.15, 0.2) is 118 Å². The molecule has 40 heavy (non-hydrogen) atoms. The maximum Gasteiger partial charge on any atom is 0.269 e. The number of allylic oxidation sites excluding steroid dienone is 2. The fourth-order valence-electron chi connectivity index (χ4n) is 3.18. The van der Waals surface area contributed by atoms with E-state index < -0.39 is 9.85 Å². The first-order valence-corrected chi connectivity index (χ1v) is 13.2. The zero-order chi connectivity index (χ0) is 29.1. The molecule has 0 amide bonds. The fourth-order valence-corrected chi connectivity index (χ4v) is 3.71. The Kier molecular flexibility index (Phi) is 10.9. The minimum Gasteiger partial charge on any atom is -0.289 e. The zero-order valence-electron chi connectivity index (χ0n) is 20.6. The monoisotopic (exact) mass is 662 g/mol. The second-order valence-corrected chi connectivity index (χ2v) is 9.94. The van der Waals surface area contributed by atoms with Crippen molar-refractivity contribution < 1.29 is 19.4 Å². The van der Waals surface area contributed by atoms with Crippen LogP contribution >= 0.6 is 31.9 Å². The maximum atomic E-state index is 11.9. The van der Waals surface area contributed by atoms with Crippen LogP contribution < -0.4 is 0 Å². The lowest BCUT2D eigenvalue weighted by atomic mass is 10.1. The van der Waals surface area contributed by atoms with Crippen molar-refractivity contribution in [3.63, 3.8) is 0 Å². The summed E-state index contributed by atoms with van der Waals surface area (Å²) in [5, 5.41) is 21.0. The summed E-state index contributed by atoms with van der Waals surface area (Å²) >= 11 is 6.67. The highest BCUT2D eigenvalue weighted by Crippen LogP contribution is 2.16. The molecule has 10 heteroatoms. The number of non-ortho nitro benzene ring substituents is 2. The van der Waals surface area contributed by atoms with Crippen molar-refractivity contribution in [2.24, 2.45) is 0 Å². The lowest BCUT2D eigenvalue weighted by molar-refractivity contribution is -0.385. The Morgan fingerprint density at radius 1 is 0.525 bits per heavy atom. The van der Waals surface area contributed by atoms with E-state index in [2.05, 4.69) is 31.9 Å². The van der Waals surface area contributed by atoms with Crippen molar-refractivity contribution in [3.05, 3.63) is 161 Å². The molecule has 4 aromatic rings. The maximum absolute atomic E-state index is 11.9. The molecule has 200 valence electrons. The summed E-state index contributed by atoms with van der Waals surface area (Å²) in [4.78, 5) is 43.9. The first-order chi connectivity index (χ1) is 19.1. The number of nitro benzene ring substituents is 2. The van der Waals surface area contributed by atoms with E-state index >= 15 is 0 Å². The third-order valence-electron chi connectivity index (χ3n) is 5.32. The Morgan fingerprint density at radius 2 is 0.825 bits per heavy atom. The Hall–Kier alpha value is -4.54. The molecule has 0 saturated heterocycles. The van der Waals surface area contributed by atoms with Crippen LogP contribution in [0.25, 0.3) is 12.2 Å². The summed E-state index contributed by atoms with van der Waals surface area (Å²) in [6, 6.07) is 26.1. The largest absolute Gasteiger partial charge is 0.289 e. The van der Waals surface area contributed by atoms with E-state index in [0.29, 0.717) is 11.1 Å². The van der Waals surface area contributed by atoms with Crippen LogP contribution in [0.2, 0.25) is 0 Å². The molecule has 0 radical (unpaired) electrons. The third kappa shape index (κ3) is 9.33. The molecule has 0 aliphatic rings. The standard InChI is InChI=1S/2C15H10BrNO3/c2*16-13-6-1-11(2-7-13)3-10-15(18)12-4-8-14(9-5-12)17(19)20/h2*1-10H/b2*10-3+. The van der Waals surface area contributed by atoms with E-state index in [1.54, 1.807) is 12.2 Å². The van der Waals surface area contributed by atoms with Crippen LogP contribution in [0.4, 0.5) is 11.4 Å². The molecular formula is C30H20Br2N2O6. The number of nitro groups is 2. The number of hydrogen-bond donors (Lipinski definition) is 0. The lowest BCUT2D eigenvalue weighted by Crippen LogP contribution is -1.95. The van der Waals surface area contributed by atoms with Gasteiger partial charge in [0, 0.05) is 44.3 Å². The number of benzene rings is 4. The Bertz CT molecular complexity index is 1440. The van der Waals surface area contributed by atoms with Crippen LogP contribution in [0.3, 0.4) is 0 Å². The minimum atomic E-state index is -0.494. The topological polar surface area (TPSA) is 120 Å². The predicted molar refractivity (Wildman–Crippen MR) is 161 cm³/mol. The highest BCUT2D eigenvalue weighted by atomic mass is 79.9. The summed E-state index contributed by atoms with van der Waals surface area (Å²) in [5.74, 6) is -0.384. The van der Waals surface area contributed by atoms with Crippen molar-refractivity contribution in [1.29, 1.82) is 0 Å². The van der Waals surface area contributed by atoms with Gasteiger partial charge in [0.25, 0.3) is 11.4 Å². The molecule has 0 aromatic heterocycles. The van der Waals surface area contributed by atoms with Crippen molar-refractivity contribution in [2.75, 3.05) is 0 Å². The summed E-state index contributed by atoms with van der Waals surface area (Å²) < 4.78 is 1.94. The van der Waals surface area contributed by atoms with Crippen LogP contribution in [0.1, 0.15) is 31.8 Å². The van der Waals surface area contributed by atoms with Gasteiger partial charge in [-0.25, -0.2) is 0 Å². The van der Waals surface area contributed by atoms with Gasteiger partial charge in [0.05, 0.1) is 9.85 Å². The van der Waals surface area contributed by atoms with E-state index in [1.807, 2.05) is 48.5 Å². The molecule has 0 heterocycles. The van der Waals surface area contributed by atoms with E-state index in [-0.39, 0.29) is 22.9 Å². The van der Waals surface area contributed by atoms with Crippen LogP contribution in [-0.4, -0.2) is 21.4 Å². The van der Waals surface area contributed by atoms with E-state index in [1.165, 1.54) is 60.7 Å². The molecule has 0 atom stereocenters. The van der Waals surface area contributed by atoms with Gasteiger partial charge < -0.3 is 0 Å². The van der Waals surface area contributed by atoms with Crippen LogP contribution in [0.5, 0.6) is 0 Å². The number of ketones is 2. The van der Waals surface area contributed by atoms with E-state index in [4.69, 9.17) is 0 Å². The molecular weight excluding hydrogens is 644 g/mol. The van der Waals surface area contributed by atoms with Gasteiger partial charge in [-0.05, 0) is 71.8 Å². The number of carbonyl (C=O) groups excluding carboxylic acids is 2. The molecule has 0 saturated carbocycles. The van der Waals surface area contributed by atoms with Gasteiger partial charge in [0.2, 0.25) is 0 Å². The SMILES string of the molecule is O=C(/C=C/c1ccc(Br)cc1)c1ccc([N+](=O)[O-])cc1.O=C(/C=C/c1ccc(Br)cc1)c1ccc([N+](=O)[O-])cc1. The van der Waals surface area contributed by atoms with E-state index in [0.717, 1.165) is 20.1 Å². The average Bonchev–Trinajstić information content (AvgIpc) is 2.96. The highest BCUT2D eigenvalue weighted by Gasteiger charge is 2.08. The molecule has 0 aliphatic heterocycles. The van der Waals surface area contributed by atoms with Gasteiger partial charge >= 0.3 is 0 Å². The predicted octanol–water partition coefficient (Wildman–Crippen LogP) is 8.51. The third-order valence-corrected chi connectivity index (χ3v) is 6.38. The Morgan fingerprint density at radius 3 is 1.10 bits per heavy atom. The van der Waals surface area contributed by atoms with Gasteiger partial charge in [-0.1, -0.05) is 68.3 Å². The molecule has 4 aromatic carbocycles. The lowest BCUT2D eigenvalue weighted by Gasteiger charge is -1.96. The summed E-state index contributed by atoms with van der Waals surface area (Å²) in [6.45, 7) is 0. The molecule has 4 rings (SSSR count). The number of halogens is 2. The molecule has 0 N–H and O–H groups in total. The fraction of sp³-hybridized carbons (Fsp3) is 0. The van der Waals surface area contributed by atoms with Crippen molar-refractivity contribution in [3.8, 4) is 0 Å². The van der Waals surface area contributed by atoms with Crippen LogP contribution in [-0.2, 0) is 0 Å². The van der Waals surface area contributed by atoms with Gasteiger partial charge in [0.15, 0.2) is 11.6 Å². The van der Waals surface area contributed by atoms with E-state index in [9.17, 15) is 29.8 Å². The number of hydrogen-bond acceptors (Lipinski definition) is 6. The first kappa shape index (κ1) is 30.0. The molecule has 0 unspecified atom stereocenters. The van der Waals surface area contributed by atoms with Gasteiger partial charge in [0.1, 0.15) is 0 Å². The van der Waals surface area contributed by atoms with Crippen molar-refractivity contribution in [2.45, 2.75) is 0 Å². The first-order valence-electron chi connectivity index (χ1n) is 11.6. The van der Waals surface area contributed by atoms with Gasteiger partial charge in [-0.2, -0.15) is 0 Å². The van der Waals surface area contributed by atoms with Crippen molar-refractivity contribution in [1.82, 2.24) is 0 Å². The summed E-state index contributed by atoms with van der Waals surface area (Å²) in [5.41, 5.74) is 2.59. The molecule has 0 aliphatic carbocycles. The minimum absolute atomic E-state index is 0.0292. The second-order valence-electron chi connectivity index (χ2n) is 8.11. The smallest absolute Gasteiger partial charge is 0.269 e. The molecule has 0 bridgehead atoms. The molecule has 0 fully saturated rings. The number of carbonyl (C=O) groups is 2. The summed E-state index contributed by atoms with van der Waals surface area (Å²) in [6.07, 6.45) is 6.31. The quantitative estimate of drug-likeness (QED) is 0.0806. The second kappa shape index (κ2) is 14.6. The number of nitrogens with zero attached hydrogens (tertiary/aromatic N) is 2. The zero-order valence-corrected chi connectivity index (χ0v) is 23.8. The summed E-state index contributed by atoms with van der Waals surface area (Å²) in [7, 11) is 0.